The van der Waals surface area contributed by atoms with Crippen LogP contribution in [-0.4, -0.2) is 78.7 Å². The van der Waals surface area contributed by atoms with Gasteiger partial charge in [-0.15, -0.1) is 0 Å². The van der Waals surface area contributed by atoms with Gasteiger partial charge < -0.3 is 19.8 Å². The van der Waals surface area contributed by atoms with Gasteiger partial charge in [0, 0.05) is 37.5 Å². The Balaban J connectivity index is 2.58. The first-order chi connectivity index (χ1) is 14.5. The molecule has 0 bridgehead atoms. The Morgan fingerprint density at radius 3 is 2.65 bits per heavy atom. The van der Waals surface area contributed by atoms with Crippen LogP contribution in [0.25, 0.3) is 0 Å². The minimum atomic E-state index is -3.94. The van der Waals surface area contributed by atoms with E-state index in [0.717, 1.165) is 0 Å². The van der Waals surface area contributed by atoms with Gasteiger partial charge in [0.2, 0.25) is 15.9 Å². The molecule has 0 unspecified atom stereocenters. The van der Waals surface area contributed by atoms with E-state index in [-0.39, 0.29) is 42.2 Å². The number of hydrogen-bond acceptors (Lipinski definition) is 6. The van der Waals surface area contributed by atoms with Crippen LogP contribution >= 0.6 is 0 Å². The van der Waals surface area contributed by atoms with E-state index in [4.69, 9.17) is 4.74 Å². The molecule has 9 heteroatoms. The highest BCUT2D eigenvalue weighted by Crippen LogP contribution is 2.34. The minimum Gasteiger partial charge on any atom is -0.487 e. The highest BCUT2D eigenvalue weighted by atomic mass is 32.2. The molecule has 2 rings (SSSR count). The number of likely N-dealkylation sites (N-methyl/N-ethyl adjacent to an activating group) is 1. The highest BCUT2D eigenvalue weighted by molar-refractivity contribution is 7.89. The number of benzene rings is 1. The van der Waals surface area contributed by atoms with Gasteiger partial charge in [-0.25, -0.2) is 8.42 Å². The van der Waals surface area contributed by atoms with Gasteiger partial charge >= 0.3 is 0 Å². The topological polar surface area (TPSA) is 107 Å². The second-order valence-corrected chi connectivity index (χ2v) is 9.83. The van der Waals surface area contributed by atoms with Crippen LogP contribution in [0.2, 0.25) is 0 Å². The number of carbonyl (C=O) groups is 1. The first-order valence-corrected chi connectivity index (χ1v) is 11.8. The van der Waals surface area contributed by atoms with Crippen LogP contribution in [0.3, 0.4) is 0 Å². The molecule has 1 aliphatic rings. The van der Waals surface area contributed by atoms with Gasteiger partial charge in [0.05, 0.1) is 13.2 Å². The first kappa shape index (κ1) is 25.1. The lowest BCUT2D eigenvalue weighted by Gasteiger charge is -2.37. The lowest BCUT2D eigenvalue weighted by molar-refractivity contribution is -0.131. The van der Waals surface area contributed by atoms with Gasteiger partial charge in [-0.1, -0.05) is 25.7 Å². The van der Waals surface area contributed by atoms with Gasteiger partial charge in [-0.3, -0.25) is 4.79 Å². The Labute approximate surface area is 184 Å². The number of hydrogen-bond donors (Lipinski definition) is 2. The summed E-state index contributed by atoms with van der Waals surface area (Å²) in [6.45, 7) is 6.94. The number of rotatable bonds is 5. The first-order valence-electron chi connectivity index (χ1n) is 10.4. The Morgan fingerprint density at radius 2 is 2.06 bits per heavy atom. The molecule has 8 nitrogen and oxygen atoms in total. The Hall–Kier alpha value is -2.12. The monoisotopic (exact) mass is 452 g/mol. The van der Waals surface area contributed by atoms with E-state index in [1.807, 2.05) is 6.92 Å². The van der Waals surface area contributed by atoms with Crippen LogP contribution in [0, 0.1) is 17.8 Å². The third-order valence-electron chi connectivity index (χ3n) is 5.27. The molecule has 1 heterocycles. The Kier molecular flexibility index (Phi) is 8.49. The van der Waals surface area contributed by atoms with Crippen LogP contribution in [0.15, 0.2) is 23.1 Å². The molecule has 0 aliphatic carbocycles. The van der Waals surface area contributed by atoms with Crippen LogP contribution in [0.4, 0.5) is 0 Å². The third kappa shape index (κ3) is 5.98. The fraction of sp³-hybridized carbons (Fsp3) is 0.591. The number of ether oxygens (including phenoxy) is 1. The quantitative estimate of drug-likeness (QED) is 0.647. The lowest BCUT2D eigenvalue weighted by atomic mass is 10.0. The zero-order chi connectivity index (χ0) is 23.3. The normalized spacial score (nSPS) is 22.5. The summed E-state index contributed by atoms with van der Waals surface area (Å²) in [5, 5.41) is 19.1. The summed E-state index contributed by atoms with van der Waals surface area (Å²) < 4.78 is 34.2. The van der Waals surface area contributed by atoms with Crippen molar-refractivity contribution < 1.29 is 28.2 Å². The largest absolute Gasteiger partial charge is 0.487 e. The predicted octanol–water partition coefficient (Wildman–Crippen LogP) is 1.06. The molecule has 4 atom stereocenters. The standard InChI is InChI=1S/C22H32N2O6S/c1-6-22(27)23(5)13-20-15(2)12-24(16(3)14-25)31(28,29)21-10-9-18(8-7-17(4)26)11-19(21)30-20/h9-11,15-17,20,25-26H,6,12-14H2,1-5H3/t15-,16+,17+,20+/m0/s1. The van der Waals surface area contributed by atoms with Crippen molar-refractivity contribution in [2.75, 3.05) is 26.7 Å². The maximum atomic E-state index is 13.4. The highest BCUT2D eigenvalue weighted by Gasteiger charge is 2.38. The number of sulfonamides is 1. The summed E-state index contributed by atoms with van der Waals surface area (Å²) >= 11 is 0. The molecular formula is C22H32N2O6S. The number of fused-ring (bicyclic) bond motifs is 1. The Morgan fingerprint density at radius 1 is 1.39 bits per heavy atom. The van der Waals surface area contributed by atoms with E-state index >= 15 is 0 Å². The summed E-state index contributed by atoms with van der Waals surface area (Å²) in [6.07, 6.45) is -0.938. The van der Waals surface area contributed by atoms with Gasteiger partial charge in [0.1, 0.15) is 22.9 Å². The average Bonchev–Trinajstić information content (AvgIpc) is 2.73. The van der Waals surface area contributed by atoms with E-state index in [0.29, 0.717) is 12.0 Å². The van der Waals surface area contributed by atoms with Crippen molar-refractivity contribution in [2.24, 2.45) is 5.92 Å². The zero-order valence-electron chi connectivity index (χ0n) is 18.7. The third-order valence-corrected chi connectivity index (χ3v) is 7.29. The molecule has 0 saturated carbocycles. The smallest absolute Gasteiger partial charge is 0.247 e. The van der Waals surface area contributed by atoms with E-state index in [1.165, 1.54) is 23.4 Å². The fourth-order valence-electron chi connectivity index (χ4n) is 3.35. The molecule has 1 aliphatic heterocycles. The van der Waals surface area contributed by atoms with Crippen molar-refractivity contribution in [3.63, 3.8) is 0 Å². The molecule has 1 aromatic carbocycles. The van der Waals surface area contributed by atoms with Crippen LogP contribution < -0.4 is 4.74 Å². The number of carbonyl (C=O) groups excluding carboxylic acids is 1. The number of amides is 1. The van der Waals surface area contributed by atoms with Crippen LogP contribution in [-0.2, 0) is 14.8 Å². The van der Waals surface area contributed by atoms with Gasteiger partial charge in [-0.2, -0.15) is 4.31 Å². The number of aliphatic hydroxyl groups is 2. The second kappa shape index (κ2) is 10.5. The second-order valence-electron chi connectivity index (χ2n) is 7.97. The number of aliphatic hydroxyl groups excluding tert-OH is 2. The molecule has 0 spiro atoms. The van der Waals surface area contributed by atoms with Crippen molar-refractivity contribution in [3.8, 4) is 17.6 Å². The summed E-state index contributed by atoms with van der Waals surface area (Å²) in [6, 6.07) is 3.91. The maximum Gasteiger partial charge on any atom is 0.247 e. The molecule has 0 fully saturated rings. The van der Waals surface area contributed by atoms with Crippen LogP contribution in [0.5, 0.6) is 5.75 Å². The van der Waals surface area contributed by atoms with Crippen LogP contribution in [0.1, 0.15) is 39.7 Å². The van der Waals surface area contributed by atoms with Gasteiger partial charge in [-0.05, 0) is 32.0 Å². The summed E-state index contributed by atoms with van der Waals surface area (Å²) in [5.41, 5.74) is 0.501. The van der Waals surface area contributed by atoms with Gasteiger partial charge in [0.15, 0.2) is 0 Å². The zero-order valence-corrected chi connectivity index (χ0v) is 19.5. The maximum absolute atomic E-state index is 13.4. The summed E-state index contributed by atoms with van der Waals surface area (Å²) in [5.74, 6) is 5.28. The Bertz CT molecular complexity index is 950. The molecule has 1 aromatic rings. The fourth-order valence-corrected chi connectivity index (χ4v) is 5.18. The molecule has 31 heavy (non-hydrogen) atoms. The molecular weight excluding hydrogens is 420 g/mol. The van der Waals surface area contributed by atoms with Crippen molar-refractivity contribution in [2.45, 2.75) is 57.3 Å². The van der Waals surface area contributed by atoms with Crippen molar-refractivity contribution in [1.29, 1.82) is 0 Å². The van der Waals surface area contributed by atoms with Crippen molar-refractivity contribution >= 4 is 15.9 Å². The summed E-state index contributed by atoms with van der Waals surface area (Å²) in [7, 11) is -2.25. The molecule has 2 N–H and O–H groups in total. The van der Waals surface area contributed by atoms with Crippen molar-refractivity contribution in [1.82, 2.24) is 9.21 Å². The average molecular weight is 453 g/mol. The predicted molar refractivity (Wildman–Crippen MR) is 117 cm³/mol. The molecule has 172 valence electrons. The lowest BCUT2D eigenvalue weighted by Crippen LogP contribution is -2.50. The van der Waals surface area contributed by atoms with Gasteiger partial charge in [0.25, 0.3) is 0 Å². The van der Waals surface area contributed by atoms with E-state index in [1.54, 1.807) is 31.9 Å². The molecule has 1 amide bonds. The van der Waals surface area contributed by atoms with E-state index in [2.05, 4.69) is 11.8 Å². The molecule has 0 saturated heterocycles. The minimum absolute atomic E-state index is 0.0169. The van der Waals surface area contributed by atoms with E-state index in [9.17, 15) is 23.4 Å². The van der Waals surface area contributed by atoms with Crippen molar-refractivity contribution in [3.05, 3.63) is 23.8 Å². The molecule has 0 radical (unpaired) electrons. The van der Waals surface area contributed by atoms with E-state index < -0.39 is 28.3 Å². The SMILES string of the molecule is CCC(=O)N(C)C[C@H]1Oc2cc(C#C[C@@H](C)O)ccc2S(=O)(=O)N([C@H](C)CO)C[C@@H]1C. The number of nitrogens with zero attached hydrogens (tertiary/aromatic N) is 2. The summed E-state index contributed by atoms with van der Waals surface area (Å²) in [4.78, 5) is 13.7. The molecule has 0 aromatic heterocycles.